The van der Waals surface area contributed by atoms with Crippen LogP contribution in [0.25, 0.3) is 15.5 Å². The maximum atomic E-state index is 10.6. The van der Waals surface area contributed by atoms with Gasteiger partial charge in [0.25, 0.3) is 0 Å². The topological polar surface area (TPSA) is 54.6 Å². The van der Waals surface area contributed by atoms with Crippen molar-refractivity contribution in [3.63, 3.8) is 0 Å². The van der Waals surface area contributed by atoms with Crippen LogP contribution in [0, 0.1) is 0 Å². The van der Waals surface area contributed by atoms with E-state index in [1.807, 2.05) is 0 Å². The van der Waals surface area contributed by atoms with Crippen LogP contribution in [-0.2, 0) is 17.6 Å². The molecular formula is C15H16N2O2S2. The lowest BCUT2D eigenvalue weighted by Gasteiger charge is -1.97. The molecule has 21 heavy (non-hydrogen) atoms. The number of hydrogen-bond acceptors (Lipinski definition) is 4. The summed E-state index contributed by atoms with van der Waals surface area (Å²) >= 11 is 3.39. The fourth-order valence-electron chi connectivity index (χ4n) is 2.25. The Morgan fingerprint density at radius 2 is 2.29 bits per heavy atom. The minimum atomic E-state index is -0.738. The number of rotatable bonds is 6. The largest absolute Gasteiger partial charge is 0.481 e. The van der Waals surface area contributed by atoms with Gasteiger partial charge in [-0.3, -0.25) is 9.20 Å². The predicted octanol–water partition coefficient (Wildman–Crippen LogP) is 4.09. The Balaban J connectivity index is 1.83. The van der Waals surface area contributed by atoms with Crippen LogP contribution in [0.1, 0.15) is 30.3 Å². The van der Waals surface area contributed by atoms with E-state index >= 15 is 0 Å². The Bertz CT molecular complexity index is 770. The zero-order chi connectivity index (χ0) is 14.8. The number of carbonyl (C=O) groups is 1. The summed E-state index contributed by atoms with van der Waals surface area (Å²) < 4.78 is 2.09. The Labute approximate surface area is 130 Å². The van der Waals surface area contributed by atoms with Gasteiger partial charge in [0.1, 0.15) is 5.69 Å². The number of aryl methyl sites for hydroxylation is 2. The van der Waals surface area contributed by atoms with Crippen molar-refractivity contribution in [3.8, 4) is 10.6 Å². The molecule has 0 saturated heterocycles. The van der Waals surface area contributed by atoms with E-state index in [2.05, 4.69) is 40.0 Å². The lowest BCUT2D eigenvalue weighted by atomic mass is 10.2. The van der Waals surface area contributed by atoms with Crippen LogP contribution >= 0.6 is 22.7 Å². The van der Waals surface area contributed by atoms with Gasteiger partial charge in [-0.25, -0.2) is 4.98 Å². The summed E-state index contributed by atoms with van der Waals surface area (Å²) in [6, 6.07) is 4.28. The predicted molar refractivity (Wildman–Crippen MR) is 86.3 cm³/mol. The molecule has 0 aliphatic rings. The molecule has 3 aromatic rings. The summed E-state index contributed by atoms with van der Waals surface area (Å²) in [5.41, 5.74) is 2.15. The van der Waals surface area contributed by atoms with Crippen LogP contribution in [0.4, 0.5) is 0 Å². The Hall–Kier alpha value is -1.66. The van der Waals surface area contributed by atoms with Crippen molar-refractivity contribution < 1.29 is 9.90 Å². The number of thiophene rings is 1. The van der Waals surface area contributed by atoms with Gasteiger partial charge < -0.3 is 5.11 Å². The molecule has 0 atom stereocenters. The minimum Gasteiger partial charge on any atom is -0.481 e. The van der Waals surface area contributed by atoms with Gasteiger partial charge >= 0.3 is 5.97 Å². The molecule has 0 saturated carbocycles. The van der Waals surface area contributed by atoms with E-state index in [1.165, 1.54) is 9.75 Å². The van der Waals surface area contributed by atoms with E-state index in [1.54, 1.807) is 22.7 Å². The van der Waals surface area contributed by atoms with Crippen LogP contribution in [0.3, 0.4) is 0 Å². The summed E-state index contributed by atoms with van der Waals surface area (Å²) in [5, 5.41) is 10.8. The zero-order valence-electron chi connectivity index (χ0n) is 11.7. The number of aliphatic carboxylic acids is 1. The van der Waals surface area contributed by atoms with Crippen molar-refractivity contribution in [2.75, 3.05) is 0 Å². The van der Waals surface area contributed by atoms with Crippen LogP contribution in [0.15, 0.2) is 23.7 Å². The van der Waals surface area contributed by atoms with Gasteiger partial charge in [0, 0.05) is 28.6 Å². The van der Waals surface area contributed by atoms with Gasteiger partial charge in [-0.05, 0) is 31.4 Å². The molecule has 3 rings (SSSR count). The Morgan fingerprint density at radius 3 is 3.00 bits per heavy atom. The average Bonchev–Trinajstić information content (AvgIpc) is 3.12. The fraction of sp³-hybridized carbons (Fsp3) is 0.333. The van der Waals surface area contributed by atoms with E-state index in [4.69, 9.17) is 5.11 Å². The third-order valence-corrected chi connectivity index (χ3v) is 5.51. The van der Waals surface area contributed by atoms with Crippen molar-refractivity contribution in [2.45, 2.75) is 32.6 Å². The maximum absolute atomic E-state index is 10.6. The van der Waals surface area contributed by atoms with E-state index in [9.17, 15) is 4.79 Å². The number of imidazole rings is 1. The molecule has 0 amide bonds. The Kier molecular flexibility index (Phi) is 4.07. The van der Waals surface area contributed by atoms with Gasteiger partial charge in [-0.15, -0.1) is 22.7 Å². The Morgan fingerprint density at radius 1 is 1.43 bits per heavy atom. The van der Waals surface area contributed by atoms with Gasteiger partial charge in [0.15, 0.2) is 4.96 Å². The SMILES string of the molecule is CCc1ccc(-c2cn3c(CCCC(=O)O)csc3n2)s1. The first-order chi connectivity index (χ1) is 10.2. The first kappa shape index (κ1) is 14.3. The second kappa shape index (κ2) is 5.99. The standard InChI is InChI=1S/C15H16N2O2S2/c1-2-11-6-7-13(21-11)12-8-17-10(4-3-5-14(18)19)9-20-15(17)16-12/h6-9H,2-5H2,1H3,(H,18,19). The lowest BCUT2D eigenvalue weighted by Crippen LogP contribution is -1.97. The normalized spacial score (nSPS) is 11.3. The molecule has 3 heterocycles. The minimum absolute atomic E-state index is 0.212. The summed E-state index contributed by atoms with van der Waals surface area (Å²) in [7, 11) is 0. The molecule has 0 aromatic carbocycles. The number of nitrogens with zero attached hydrogens (tertiary/aromatic N) is 2. The maximum Gasteiger partial charge on any atom is 0.303 e. The third kappa shape index (κ3) is 3.01. The number of aromatic nitrogens is 2. The molecule has 4 nitrogen and oxygen atoms in total. The average molecular weight is 320 g/mol. The van der Waals surface area contributed by atoms with Gasteiger partial charge in [0.05, 0.1) is 4.88 Å². The summed E-state index contributed by atoms with van der Waals surface area (Å²) in [4.78, 5) is 18.8. The number of hydrogen-bond donors (Lipinski definition) is 1. The number of thiazole rings is 1. The molecule has 1 N–H and O–H groups in total. The van der Waals surface area contributed by atoms with Crippen molar-refractivity contribution >= 4 is 33.6 Å². The molecule has 110 valence electrons. The molecule has 3 aromatic heterocycles. The van der Waals surface area contributed by atoms with E-state index in [0.717, 1.165) is 29.2 Å². The van der Waals surface area contributed by atoms with Gasteiger partial charge in [-0.1, -0.05) is 6.92 Å². The quantitative estimate of drug-likeness (QED) is 0.744. The van der Waals surface area contributed by atoms with Crippen LogP contribution in [0.2, 0.25) is 0 Å². The highest BCUT2D eigenvalue weighted by Gasteiger charge is 2.11. The number of fused-ring (bicyclic) bond motifs is 1. The van der Waals surface area contributed by atoms with Gasteiger partial charge in [-0.2, -0.15) is 0 Å². The summed E-state index contributed by atoms with van der Waals surface area (Å²) in [6.45, 7) is 2.15. The zero-order valence-corrected chi connectivity index (χ0v) is 13.3. The summed E-state index contributed by atoms with van der Waals surface area (Å²) in [6.07, 6.45) is 4.75. The van der Waals surface area contributed by atoms with Crippen molar-refractivity contribution in [1.82, 2.24) is 9.38 Å². The van der Waals surface area contributed by atoms with Crippen LogP contribution in [-0.4, -0.2) is 20.5 Å². The smallest absolute Gasteiger partial charge is 0.303 e. The lowest BCUT2D eigenvalue weighted by molar-refractivity contribution is -0.137. The number of carboxylic acid groups (broad SMARTS) is 1. The second-order valence-electron chi connectivity index (χ2n) is 4.87. The van der Waals surface area contributed by atoms with Gasteiger partial charge in [0.2, 0.25) is 0 Å². The third-order valence-electron chi connectivity index (χ3n) is 3.37. The van der Waals surface area contributed by atoms with Crippen molar-refractivity contribution in [3.05, 3.63) is 34.3 Å². The highest BCUT2D eigenvalue weighted by Crippen LogP contribution is 2.30. The molecule has 0 aliphatic heterocycles. The van der Waals surface area contributed by atoms with Crippen molar-refractivity contribution in [2.24, 2.45) is 0 Å². The molecule has 0 spiro atoms. The summed E-state index contributed by atoms with van der Waals surface area (Å²) in [5.74, 6) is -0.738. The molecule has 0 aliphatic carbocycles. The van der Waals surface area contributed by atoms with E-state index in [-0.39, 0.29) is 6.42 Å². The van der Waals surface area contributed by atoms with Crippen molar-refractivity contribution in [1.29, 1.82) is 0 Å². The molecule has 0 unspecified atom stereocenters. The monoisotopic (exact) mass is 320 g/mol. The fourth-order valence-corrected chi connectivity index (χ4v) is 4.06. The first-order valence-corrected chi connectivity index (χ1v) is 8.63. The van der Waals surface area contributed by atoms with E-state index < -0.39 is 5.97 Å². The first-order valence-electron chi connectivity index (χ1n) is 6.93. The second-order valence-corrected chi connectivity index (χ2v) is 6.88. The molecule has 6 heteroatoms. The van der Waals surface area contributed by atoms with E-state index in [0.29, 0.717) is 6.42 Å². The van der Waals surface area contributed by atoms with Crippen LogP contribution in [0.5, 0.6) is 0 Å². The molecule has 0 bridgehead atoms. The highest BCUT2D eigenvalue weighted by molar-refractivity contribution is 7.16. The molecular weight excluding hydrogens is 304 g/mol. The number of carboxylic acids is 1. The molecule has 0 radical (unpaired) electrons. The highest BCUT2D eigenvalue weighted by atomic mass is 32.1. The van der Waals surface area contributed by atoms with Crippen LogP contribution < -0.4 is 0 Å². The molecule has 0 fully saturated rings.